The lowest BCUT2D eigenvalue weighted by molar-refractivity contribution is -0.132. The van der Waals surface area contributed by atoms with Crippen molar-refractivity contribution in [3.8, 4) is 0 Å². The molecule has 0 aliphatic carbocycles. The van der Waals surface area contributed by atoms with E-state index in [9.17, 15) is 9.59 Å². The lowest BCUT2D eigenvalue weighted by atomic mass is 10.1. The standard InChI is InChI=1S/C21H25N3O3/c25-20-4-1-9-24(20)18-7-5-17(6-8-18)15-21(26)23-12-10-22(11-13-23)16-19-3-2-14-27-19/h2-3,5-8,14H,1,4,9-13,15-16H2. The van der Waals surface area contributed by atoms with E-state index < -0.39 is 0 Å². The number of rotatable bonds is 5. The van der Waals surface area contributed by atoms with Gasteiger partial charge in [-0.3, -0.25) is 14.5 Å². The molecule has 2 saturated heterocycles. The van der Waals surface area contributed by atoms with Crippen molar-refractivity contribution in [3.05, 3.63) is 54.0 Å². The minimum atomic E-state index is 0.164. The van der Waals surface area contributed by atoms with Gasteiger partial charge in [-0.25, -0.2) is 0 Å². The Morgan fingerprint density at radius 2 is 1.78 bits per heavy atom. The molecule has 0 atom stereocenters. The molecule has 2 amide bonds. The Morgan fingerprint density at radius 3 is 2.41 bits per heavy atom. The molecule has 6 nitrogen and oxygen atoms in total. The molecule has 3 heterocycles. The van der Waals surface area contributed by atoms with E-state index in [-0.39, 0.29) is 11.8 Å². The summed E-state index contributed by atoms with van der Waals surface area (Å²) in [5.74, 6) is 1.32. The summed E-state index contributed by atoms with van der Waals surface area (Å²) in [7, 11) is 0. The molecule has 1 aromatic heterocycles. The predicted molar refractivity (Wildman–Crippen MR) is 102 cm³/mol. The molecule has 6 heteroatoms. The Kier molecular flexibility index (Phi) is 5.25. The van der Waals surface area contributed by atoms with Crippen LogP contribution < -0.4 is 4.90 Å². The maximum Gasteiger partial charge on any atom is 0.227 e. The van der Waals surface area contributed by atoms with Crippen LogP contribution in [-0.4, -0.2) is 54.3 Å². The first-order valence-electron chi connectivity index (χ1n) is 9.61. The summed E-state index contributed by atoms with van der Waals surface area (Å²) in [6, 6.07) is 11.7. The molecular weight excluding hydrogens is 342 g/mol. The van der Waals surface area contributed by atoms with Crippen LogP contribution in [0, 0.1) is 0 Å². The smallest absolute Gasteiger partial charge is 0.227 e. The zero-order valence-corrected chi connectivity index (χ0v) is 15.5. The third-order valence-corrected chi connectivity index (χ3v) is 5.36. The third-order valence-electron chi connectivity index (χ3n) is 5.36. The van der Waals surface area contributed by atoms with E-state index in [1.807, 2.05) is 46.2 Å². The molecule has 2 fully saturated rings. The second kappa shape index (κ2) is 7.96. The van der Waals surface area contributed by atoms with Crippen LogP contribution in [0.3, 0.4) is 0 Å². The first kappa shape index (κ1) is 17.8. The van der Waals surface area contributed by atoms with Gasteiger partial charge < -0.3 is 14.2 Å². The van der Waals surface area contributed by atoms with Gasteiger partial charge in [0.1, 0.15) is 5.76 Å². The van der Waals surface area contributed by atoms with Crippen molar-refractivity contribution < 1.29 is 14.0 Å². The second-order valence-electron chi connectivity index (χ2n) is 7.23. The van der Waals surface area contributed by atoms with Crippen LogP contribution >= 0.6 is 0 Å². The van der Waals surface area contributed by atoms with Crippen LogP contribution in [0.5, 0.6) is 0 Å². The fraction of sp³-hybridized carbons (Fsp3) is 0.429. The third kappa shape index (κ3) is 4.22. The summed E-state index contributed by atoms with van der Waals surface area (Å²) in [5.41, 5.74) is 1.92. The zero-order valence-electron chi connectivity index (χ0n) is 15.5. The Bertz CT molecular complexity index is 778. The van der Waals surface area contributed by atoms with Gasteiger partial charge in [-0.15, -0.1) is 0 Å². The Morgan fingerprint density at radius 1 is 1.00 bits per heavy atom. The monoisotopic (exact) mass is 367 g/mol. The summed E-state index contributed by atoms with van der Waals surface area (Å²) in [4.78, 5) is 30.5. The van der Waals surface area contributed by atoms with Crippen LogP contribution in [0.4, 0.5) is 5.69 Å². The Balaban J connectivity index is 1.27. The zero-order chi connectivity index (χ0) is 18.6. The van der Waals surface area contributed by atoms with E-state index in [4.69, 9.17) is 4.42 Å². The average Bonchev–Trinajstić information content (AvgIpc) is 3.35. The van der Waals surface area contributed by atoms with Crippen molar-refractivity contribution in [2.75, 3.05) is 37.6 Å². The number of anilines is 1. The molecule has 0 N–H and O–H groups in total. The molecule has 0 bridgehead atoms. The number of hydrogen-bond donors (Lipinski definition) is 0. The van der Waals surface area contributed by atoms with Crippen molar-refractivity contribution in [2.24, 2.45) is 0 Å². The van der Waals surface area contributed by atoms with Gasteiger partial charge in [-0.05, 0) is 36.2 Å². The van der Waals surface area contributed by atoms with Gasteiger partial charge in [0.05, 0.1) is 19.2 Å². The molecule has 0 spiro atoms. The molecule has 0 unspecified atom stereocenters. The summed E-state index contributed by atoms with van der Waals surface area (Å²) in [6.45, 7) is 4.82. The highest BCUT2D eigenvalue weighted by molar-refractivity contribution is 5.95. The first-order chi connectivity index (χ1) is 13.2. The number of carbonyl (C=O) groups excluding carboxylic acids is 2. The van der Waals surface area contributed by atoms with Crippen LogP contribution in [0.15, 0.2) is 47.1 Å². The highest BCUT2D eigenvalue weighted by Crippen LogP contribution is 2.22. The molecule has 2 aliphatic heterocycles. The first-order valence-corrected chi connectivity index (χ1v) is 9.61. The summed E-state index contributed by atoms with van der Waals surface area (Å²) < 4.78 is 5.40. The molecule has 1 aromatic carbocycles. The number of furan rings is 1. The van der Waals surface area contributed by atoms with Gasteiger partial charge >= 0.3 is 0 Å². The van der Waals surface area contributed by atoms with E-state index in [0.29, 0.717) is 12.8 Å². The van der Waals surface area contributed by atoms with Gasteiger partial charge in [0, 0.05) is 44.8 Å². The quantitative estimate of drug-likeness (QED) is 0.814. The van der Waals surface area contributed by atoms with Crippen molar-refractivity contribution in [1.82, 2.24) is 9.80 Å². The molecular formula is C21H25N3O3. The average molecular weight is 367 g/mol. The molecule has 4 rings (SSSR count). The number of amides is 2. The largest absolute Gasteiger partial charge is 0.468 e. The van der Waals surface area contributed by atoms with E-state index in [2.05, 4.69) is 4.90 Å². The second-order valence-corrected chi connectivity index (χ2v) is 7.23. The number of nitrogens with zero attached hydrogens (tertiary/aromatic N) is 3. The van der Waals surface area contributed by atoms with Gasteiger partial charge in [-0.1, -0.05) is 12.1 Å². The van der Waals surface area contributed by atoms with Crippen molar-refractivity contribution in [1.29, 1.82) is 0 Å². The van der Waals surface area contributed by atoms with Crippen LogP contribution in [0.25, 0.3) is 0 Å². The molecule has 0 saturated carbocycles. The van der Waals surface area contributed by atoms with Gasteiger partial charge in [-0.2, -0.15) is 0 Å². The highest BCUT2D eigenvalue weighted by atomic mass is 16.3. The van der Waals surface area contributed by atoms with Gasteiger partial charge in [0.15, 0.2) is 0 Å². The fourth-order valence-electron chi connectivity index (χ4n) is 3.78. The number of benzene rings is 1. The van der Waals surface area contributed by atoms with E-state index in [1.54, 1.807) is 6.26 Å². The van der Waals surface area contributed by atoms with Crippen molar-refractivity contribution in [2.45, 2.75) is 25.8 Å². The van der Waals surface area contributed by atoms with Crippen molar-refractivity contribution >= 4 is 17.5 Å². The minimum absolute atomic E-state index is 0.164. The topological polar surface area (TPSA) is 57.0 Å². The van der Waals surface area contributed by atoms with Gasteiger partial charge in [0.2, 0.25) is 11.8 Å². The Hall–Kier alpha value is -2.60. The lowest BCUT2D eigenvalue weighted by Gasteiger charge is -2.34. The molecule has 2 aliphatic rings. The SMILES string of the molecule is O=C(Cc1ccc(N2CCCC2=O)cc1)N1CCN(Cc2ccco2)CC1. The van der Waals surface area contributed by atoms with E-state index in [0.717, 1.165) is 62.7 Å². The number of hydrogen-bond acceptors (Lipinski definition) is 4. The summed E-state index contributed by atoms with van der Waals surface area (Å²) in [5, 5.41) is 0. The normalized spacial score (nSPS) is 18.3. The number of carbonyl (C=O) groups is 2. The Labute approximate surface area is 159 Å². The molecule has 2 aromatic rings. The maximum atomic E-state index is 12.6. The summed E-state index contributed by atoms with van der Waals surface area (Å²) >= 11 is 0. The van der Waals surface area contributed by atoms with Gasteiger partial charge in [0.25, 0.3) is 0 Å². The van der Waals surface area contributed by atoms with Crippen LogP contribution in [-0.2, 0) is 22.6 Å². The highest BCUT2D eigenvalue weighted by Gasteiger charge is 2.23. The molecule has 0 radical (unpaired) electrons. The minimum Gasteiger partial charge on any atom is -0.468 e. The van der Waals surface area contributed by atoms with Crippen molar-refractivity contribution in [3.63, 3.8) is 0 Å². The fourth-order valence-corrected chi connectivity index (χ4v) is 3.78. The van der Waals surface area contributed by atoms with Crippen LogP contribution in [0.1, 0.15) is 24.2 Å². The van der Waals surface area contributed by atoms with E-state index >= 15 is 0 Å². The molecule has 142 valence electrons. The lowest BCUT2D eigenvalue weighted by Crippen LogP contribution is -2.48. The molecule has 27 heavy (non-hydrogen) atoms. The predicted octanol–water partition coefficient (Wildman–Crippen LogP) is 2.29. The van der Waals surface area contributed by atoms with E-state index in [1.165, 1.54) is 0 Å². The summed E-state index contributed by atoms with van der Waals surface area (Å²) in [6.07, 6.45) is 3.66. The maximum absolute atomic E-state index is 12.6. The van der Waals surface area contributed by atoms with Crippen LogP contribution in [0.2, 0.25) is 0 Å². The number of piperazine rings is 1.